The van der Waals surface area contributed by atoms with Gasteiger partial charge in [0.25, 0.3) is 0 Å². The number of rotatable bonds is 4. The molecule has 0 spiro atoms. The molecule has 1 aromatic rings. The van der Waals surface area contributed by atoms with Crippen molar-refractivity contribution in [2.24, 2.45) is 5.92 Å². The second-order valence-electron chi connectivity index (χ2n) is 4.88. The molecule has 1 unspecified atom stereocenters. The maximum absolute atomic E-state index is 12.6. The topological polar surface area (TPSA) is 46.6 Å². The Hall–Kier alpha value is -0.430. The Morgan fingerprint density at radius 3 is 2.84 bits per heavy atom. The summed E-state index contributed by atoms with van der Waals surface area (Å²) in [5.41, 5.74) is 0.747. The van der Waals surface area contributed by atoms with Gasteiger partial charge < -0.3 is 4.74 Å². The SMILES string of the molecule is Cc1c(Br)cccc1S(=O)(=O)N(C)CC1CCOC1. The Balaban J connectivity index is 2.23. The minimum absolute atomic E-state index is 0.298. The first-order chi connectivity index (χ1) is 8.93. The van der Waals surface area contributed by atoms with E-state index >= 15 is 0 Å². The van der Waals surface area contributed by atoms with Gasteiger partial charge in [-0.15, -0.1) is 0 Å². The Morgan fingerprint density at radius 2 is 2.21 bits per heavy atom. The molecular formula is C13H18BrNO3S. The van der Waals surface area contributed by atoms with Crippen LogP contribution in [0, 0.1) is 12.8 Å². The van der Waals surface area contributed by atoms with E-state index in [1.54, 1.807) is 19.2 Å². The van der Waals surface area contributed by atoms with Crippen molar-refractivity contribution in [1.29, 1.82) is 0 Å². The first-order valence-electron chi connectivity index (χ1n) is 6.22. The summed E-state index contributed by atoms with van der Waals surface area (Å²) in [7, 11) is -1.80. The van der Waals surface area contributed by atoms with Crippen LogP contribution in [0.4, 0.5) is 0 Å². The van der Waals surface area contributed by atoms with Crippen molar-refractivity contribution in [2.75, 3.05) is 26.8 Å². The molecule has 0 amide bonds. The van der Waals surface area contributed by atoms with Gasteiger partial charge in [-0.2, -0.15) is 0 Å². The second-order valence-corrected chi connectivity index (χ2v) is 7.75. The highest BCUT2D eigenvalue weighted by molar-refractivity contribution is 9.10. The van der Waals surface area contributed by atoms with Crippen LogP contribution >= 0.6 is 15.9 Å². The highest BCUT2D eigenvalue weighted by atomic mass is 79.9. The Morgan fingerprint density at radius 1 is 1.47 bits per heavy atom. The van der Waals surface area contributed by atoms with Crippen molar-refractivity contribution in [2.45, 2.75) is 18.2 Å². The fraction of sp³-hybridized carbons (Fsp3) is 0.538. The van der Waals surface area contributed by atoms with Gasteiger partial charge in [0, 0.05) is 24.7 Å². The summed E-state index contributed by atoms with van der Waals surface area (Å²) in [5.74, 6) is 0.298. The molecular weight excluding hydrogens is 330 g/mol. The summed E-state index contributed by atoms with van der Waals surface area (Å²) < 4.78 is 32.6. The summed E-state index contributed by atoms with van der Waals surface area (Å²) in [5, 5.41) is 0. The van der Waals surface area contributed by atoms with E-state index in [0.717, 1.165) is 23.1 Å². The molecule has 0 N–H and O–H groups in total. The normalized spacial score (nSPS) is 20.1. The van der Waals surface area contributed by atoms with Gasteiger partial charge in [-0.05, 0) is 37.0 Å². The first-order valence-corrected chi connectivity index (χ1v) is 8.45. The number of benzene rings is 1. The molecule has 1 atom stereocenters. The van der Waals surface area contributed by atoms with Gasteiger partial charge in [-0.1, -0.05) is 22.0 Å². The Kier molecular flexibility index (Phi) is 4.66. The zero-order valence-electron chi connectivity index (χ0n) is 11.1. The minimum Gasteiger partial charge on any atom is -0.381 e. The fourth-order valence-electron chi connectivity index (χ4n) is 2.22. The van der Waals surface area contributed by atoms with E-state index in [4.69, 9.17) is 4.74 Å². The maximum atomic E-state index is 12.6. The first kappa shape index (κ1) is 15.0. The van der Waals surface area contributed by atoms with E-state index in [1.807, 2.05) is 13.0 Å². The lowest BCUT2D eigenvalue weighted by Crippen LogP contribution is -2.32. The third-order valence-electron chi connectivity index (χ3n) is 3.45. The number of halogens is 1. The van der Waals surface area contributed by atoms with Crippen molar-refractivity contribution in [3.05, 3.63) is 28.2 Å². The van der Waals surface area contributed by atoms with Crippen molar-refractivity contribution in [3.8, 4) is 0 Å². The molecule has 1 saturated heterocycles. The van der Waals surface area contributed by atoms with Gasteiger partial charge in [0.05, 0.1) is 11.5 Å². The third-order valence-corrected chi connectivity index (χ3v) is 6.27. The van der Waals surface area contributed by atoms with Crippen LogP contribution in [0.3, 0.4) is 0 Å². The summed E-state index contributed by atoms with van der Waals surface area (Å²) in [6.07, 6.45) is 0.928. The molecule has 19 heavy (non-hydrogen) atoms. The van der Waals surface area contributed by atoms with Crippen molar-refractivity contribution in [1.82, 2.24) is 4.31 Å². The van der Waals surface area contributed by atoms with E-state index < -0.39 is 10.0 Å². The van der Waals surface area contributed by atoms with E-state index in [0.29, 0.717) is 24.0 Å². The summed E-state index contributed by atoms with van der Waals surface area (Å²) >= 11 is 3.37. The van der Waals surface area contributed by atoms with Gasteiger partial charge in [0.15, 0.2) is 0 Å². The number of hydrogen-bond donors (Lipinski definition) is 0. The zero-order valence-corrected chi connectivity index (χ0v) is 13.5. The van der Waals surface area contributed by atoms with Crippen molar-refractivity contribution in [3.63, 3.8) is 0 Å². The number of sulfonamides is 1. The lowest BCUT2D eigenvalue weighted by atomic mass is 10.1. The average molecular weight is 348 g/mol. The van der Waals surface area contributed by atoms with Crippen LogP contribution in [0.2, 0.25) is 0 Å². The molecule has 106 valence electrons. The van der Waals surface area contributed by atoms with E-state index in [1.165, 1.54) is 4.31 Å². The predicted octanol–water partition coefficient (Wildman–Crippen LogP) is 2.41. The summed E-state index contributed by atoms with van der Waals surface area (Å²) in [6, 6.07) is 5.24. The molecule has 0 aromatic heterocycles. The molecule has 6 heteroatoms. The van der Waals surface area contributed by atoms with Gasteiger partial charge in [0.1, 0.15) is 0 Å². The average Bonchev–Trinajstić information content (AvgIpc) is 2.85. The van der Waals surface area contributed by atoms with Crippen LogP contribution < -0.4 is 0 Å². The van der Waals surface area contributed by atoms with Crippen LogP contribution in [-0.2, 0) is 14.8 Å². The summed E-state index contributed by atoms with van der Waals surface area (Å²) in [4.78, 5) is 0.364. The molecule has 0 radical (unpaired) electrons. The number of hydrogen-bond acceptors (Lipinski definition) is 3. The van der Waals surface area contributed by atoms with E-state index in [2.05, 4.69) is 15.9 Å². The van der Waals surface area contributed by atoms with E-state index in [-0.39, 0.29) is 0 Å². The highest BCUT2D eigenvalue weighted by Gasteiger charge is 2.27. The molecule has 1 aromatic carbocycles. The molecule has 0 bridgehead atoms. The van der Waals surface area contributed by atoms with Gasteiger partial charge in [-0.3, -0.25) is 0 Å². The molecule has 4 nitrogen and oxygen atoms in total. The highest BCUT2D eigenvalue weighted by Crippen LogP contribution is 2.26. The molecule has 2 rings (SSSR count). The molecule has 0 saturated carbocycles. The molecule has 1 aliphatic heterocycles. The molecule has 0 aliphatic carbocycles. The van der Waals surface area contributed by atoms with Gasteiger partial charge in [-0.25, -0.2) is 12.7 Å². The quantitative estimate of drug-likeness (QED) is 0.840. The lowest BCUT2D eigenvalue weighted by Gasteiger charge is -2.21. The Bertz CT molecular complexity index is 553. The van der Waals surface area contributed by atoms with Crippen LogP contribution in [-0.4, -0.2) is 39.5 Å². The smallest absolute Gasteiger partial charge is 0.243 e. The number of ether oxygens (including phenoxy) is 1. The van der Waals surface area contributed by atoms with Crippen LogP contribution in [0.25, 0.3) is 0 Å². The molecule has 1 fully saturated rings. The van der Waals surface area contributed by atoms with Crippen LogP contribution in [0.1, 0.15) is 12.0 Å². The lowest BCUT2D eigenvalue weighted by molar-refractivity contribution is 0.182. The van der Waals surface area contributed by atoms with Gasteiger partial charge in [0.2, 0.25) is 10.0 Å². The van der Waals surface area contributed by atoms with Crippen LogP contribution in [0.15, 0.2) is 27.6 Å². The zero-order chi connectivity index (χ0) is 14.0. The van der Waals surface area contributed by atoms with E-state index in [9.17, 15) is 8.42 Å². The third kappa shape index (κ3) is 3.18. The molecule has 1 heterocycles. The monoisotopic (exact) mass is 347 g/mol. The minimum atomic E-state index is -3.43. The van der Waals surface area contributed by atoms with Crippen molar-refractivity contribution >= 4 is 26.0 Å². The Labute approximate surface area is 122 Å². The van der Waals surface area contributed by atoms with Crippen molar-refractivity contribution < 1.29 is 13.2 Å². The maximum Gasteiger partial charge on any atom is 0.243 e. The largest absolute Gasteiger partial charge is 0.381 e. The standard InChI is InChI=1S/C13H18BrNO3S/c1-10-12(14)4-3-5-13(10)19(16,17)15(2)8-11-6-7-18-9-11/h3-5,11H,6-9H2,1-2H3. The number of nitrogens with zero attached hydrogens (tertiary/aromatic N) is 1. The second kappa shape index (κ2) is 5.91. The fourth-order valence-corrected chi connectivity index (χ4v) is 4.21. The van der Waals surface area contributed by atoms with Crippen LogP contribution in [0.5, 0.6) is 0 Å². The van der Waals surface area contributed by atoms with Gasteiger partial charge >= 0.3 is 0 Å². The predicted molar refractivity (Wildman–Crippen MR) is 77.6 cm³/mol. The summed E-state index contributed by atoms with van der Waals surface area (Å²) in [6.45, 7) is 3.70. The molecule has 1 aliphatic rings.